The van der Waals surface area contributed by atoms with E-state index in [9.17, 15) is 0 Å². The van der Waals surface area contributed by atoms with Gasteiger partial charge in [-0.2, -0.15) is 0 Å². The summed E-state index contributed by atoms with van der Waals surface area (Å²) in [4.78, 5) is 8.50. The third kappa shape index (κ3) is 2.47. The van der Waals surface area contributed by atoms with Gasteiger partial charge in [-0.1, -0.05) is 6.07 Å². The van der Waals surface area contributed by atoms with Gasteiger partial charge in [0.25, 0.3) is 0 Å². The van der Waals surface area contributed by atoms with Gasteiger partial charge >= 0.3 is 0 Å². The molecule has 0 spiro atoms. The second kappa shape index (κ2) is 5.57. The van der Waals surface area contributed by atoms with Crippen molar-refractivity contribution in [1.29, 1.82) is 0 Å². The Morgan fingerprint density at radius 2 is 2.22 bits per heavy atom. The maximum Gasteiger partial charge on any atom is 0.137 e. The zero-order valence-electron chi connectivity index (χ0n) is 10.4. The first-order chi connectivity index (χ1) is 8.76. The van der Waals surface area contributed by atoms with Gasteiger partial charge in [-0.3, -0.25) is 15.8 Å². The lowest BCUT2D eigenvalue weighted by Gasteiger charge is -2.17. The number of nitrogens with two attached hydrogens (primary N) is 1. The number of nitrogens with one attached hydrogen (secondary N) is 1. The van der Waals surface area contributed by atoms with E-state index in [0.717, 1.165) is 16.8 Å². The highest BCUT2D eigenvalue weighted by atomic mass is 16.5. The molecule has 1 atom stereocenters. The number of aryl methyl sites for hydroxylation is 1. The first-order valence-electron chi connectivity index (χ1n) is 5.63. The van der Waals surface area contributed by atoms with Crippen LogP contribution in [0.2, 0.25) is 0 Å². The summed E-state index contributed by atoms with van der Waals surface area (Å²) in [6, 6.07) is 5.59. The number of hydrogen-bond donors (Lipinski definition) is 2. The number of hydrazine groups is 1. The molecule has 2 aromatic rings. The lowest BCUT2D eigenvalue weighted by molar-refractivity contribution is 0.411. The standard InChI is InChI=1S/C13H16N4O/c1-9-4-3-5-16-12(9)13(17-14)10-6-11(18-2)8-15-7-10/h3-8,13,17H,14H2,1-2H3. The van der Waals surface area contributed by atoms with Crippen LogP contribution >= 0.6 is 0 Å². The van der Waals surface area contributed by atoms with Crippen LogP contribution in [0.3, 0.4) is 0 Å². The van der Waals surface area contributed by atoms with Crippen LogP contribution in [0.25, 0.3) is 0 Å². The molecule has 5 heteroatoms. The number of methoxy groups -OCH3 is 1. The van der Waals surface area contributed by atoms with E-state index in [1.807, 2.05) is 25.1 Å². The van der Waals surface area contributed by atoms with Crippen LogP contribution in [-0.4, -0.2) is 17.1 Å². The number of ether oxygens (including phenoxy) is 1. The molecule has 0 amide bonds. The van der Waals surface area contributed by atoms with E-state index in [4.69, 9.17) is 10.6 Å². The van der Waals surface area contributed by atoms with Gasteiger partial charge in [0.2, 0.25) is 0 Å². The highest BCUT2D eigenvalue weighted by molar-refractivity contribution is 5.34. The predicted molar refractivity (Wildman–Crippen MR) is 68.9 cm³/mol. The summed E-state index contributed by atoms with van der Waals surface area (Å²) in [6.07, 6.45) is 5.16. The number of pyridine rings is 2. The number of rotatable bonds is 4. The van der Waals surface area contributed by atoms with Crippen LogP contribution in [0.4, 0.5) is 0 Å². The van der Waals surface area contributed by atoms with Crippen LogP contribution in [0.15, 0.2) is 36.8 Å². The maximum atomic E-state index is 5.64. The summed E-state index contributed by atoms with van der Waals surface area (Å²) in [7, 11) is 1.61. The highest BCUT2D eigenvalue weighted by Crippen LogP contribution is 2.24. The molecule has 2 heterocycles. The minimum Gasteiger partial charge on any atom is -0.495 e. The van der Waals surface area contributed by atoms with Crippen molar-refractivity contribution in [3.63, 3.8) is 0 Å². The molecule has 0 aliphatic carbocycles. The summed E-state index contributed by atoms with van der Waals surface area (Å²) in [5, 5.41) is 0. The van der Waals surface area contributed by atoms with Crippen LogP contribution in [-0.2, 0) is 0 Å². The van der Waals surface area contributed by atoms with Gasteiger partial charge < -0.3 is 4.74 Å². The third-order valence-electron chi connectivity index (χ3n) is 2.79. The molecule has 3 N–H and O–H groups in total. The van der Waals surface area contributed by atoms with Crippen LogP contribution in [0, 0.1) is 6.92 Å². The molecular weight excluding hydrogens is 228 g/mol. The Labute approximate surface area is 106 Å². The molecule has 94 valence electrons. The van der Waals surface area contributed by atoms with Crippen molar-refractivity contribution < 1.29 is 4.74 Å². The van der Waals surface area contributed by atoms with Gasteiger partial charge in [0.15, 0.2) is 0 Å². The Bertz CT molecular complexity index is 530. The molecule has 0 aliphatic rings. The van der Waals surface area contributed by atoms with Gasteiger partial charge in [-0.25, -0.2) is 5.43 Å². The summed E-state index contributed by atoms with van der Waals surface area (Å²) >= 11 is 0. The normalized spacial score (nSPS) is 12.2. The monoisotopic (exact) mass is 244 g/mol. The summed E-state index contributed by atoms with van der Waals surface area (Å²) in [5.41, 5.74) is 5.64. The Kier molecular flexibility index (Phi) is 3.86. The van der Waals surface area contributed by atoms with E-state index in [-0.39, 0.29) is 6.04 Å². The number of hydrogen-bond acceptors (Lipinski definition) is 5. The summed E-state index contributed by atoms with van der Waals surface area (Å²) in [5.74, 6) is 6.33. The van der Waals surface area contributed by atoms with Crippen molar-refractivity contribution in [3.05, 3.63) is 53.6 Å². The Hall–Kier alpha value is -1.98. The molecule has 18 heavy (non-hydrogen) atoms. The van der Waals surface area contributed by atoms with E-state index in [0.29, 0.717) is 5.75 Å². The minimum absolute atomic E-state index is 0.200. The van der Waals surface area contributed by atoms with E-state index in [1.54, 1.807) is 25.7 Å². The number of nitrogens with zero attached hydrogens (tertiary/aromatic N) is 2. The smallest absolute Gasteiger partial charge is 0.137 e. The van der Waals surface area contributed by atoms with E-state index in [1.165, 1.54) is 0 Å². The molecule has 0 fully saturated rings. The first-order valence-corrected chi connectivity index (χ1v) is 5.63. The molecule has 2 aromatic heterocycles. The van der Waals surface area contributed by atoms with E-state index < -0.39 is 0 Å². The van der Waals surface area contributed by atoms with Crippen molar-refractivity contribution >= 4 is 0 Å². The molecule has 0 saturated heterocycles. The van der Waals surface area contributed by atoms with Crippen LogP contribution in [0.1, 0.15) is 22.9 Å². The number of aromatic nitrogens is 2. The third-order valence-corrected chi connectivity index (χ3v) is 2.79. The average Bonchev–Trinajstić information content (AvgIpc) is 2.42. The summed E-state index contributed by atoms with van der Waals surface area (Å²) in [6.45, 7) is 2.00. The minimum atomic E-state index is -0.200. The first kappa shape index (κ1) is 12.5. The highest BCUT2D eigenvalue weighted by Gasteiger charge is 2.16. The predicted octanol–water partition coefficient (Wildman–Crippen LogP) is 1.35. The maximum absolute atomic E-state index is 5.64. The molecule has 0 radical (unpaired) electrons. The zero-order chi connectivity index (χ0) is 13.0. The van der Waals surface area contributed by atoms with Crippen molar-refractivity contribution in [2.24, 2.45) is 5.84 Å². The SMILES string of the molecule is COc1cncc(C(NN)c2ncccc2C)c1. The van der Waals surface area contributed by atoms with Crippen LogP contribution in [0.5, 0.6) is 5.75 Å². The molecule has 0 aliphatic heterocycles. The molecule has 0 saturated carbocycles. The van der Waals surface area contributed by atoms with E-state index >= 15 is 0 Å². The van der Waals surface area contributed by atoms with Gasteiger partial charge in [-0.15, -0.1) is 0 Å². The van der Waals surface area contributed by atoms with Crippen molar-refractivity contribution in [3.8, 4) is 5.75 Å². The second-order valence-electron chi connectivity index (χ2n) is 3.96. The fourth-order valence-electron chi connectivity index (χ4n) is 1.84. The Balaban J connectivity index is 2.42. The van der Waals surface area contributed by atoms with Crippen molar-refractivity contribution in [2.45, 2.75) is 13.0 Å². The molecular formula is C13H16N4O. The molecule has 0 bridgehead atoms. The van der Waals surface area contributed by atoms with Gasteiger partial charge in [-0.05, 0) is 30.2 Å². The van der Waals surface area contributed by atoms with Crippen molar-refractivity contribution in [2.75, 3.05) is 7.11 Å². The molecule has 0 aromatic carbocycles. The fraction of sp³-hybridized carbons (Fsp3) is 0.231. The van der Waals surface area contributed by atoms with Crippen molar-refractivity contribution in [1.82, 2.24) is 15.4 Å². The fourth-order valence-corrected chi connectivity index (χ4v) is 1.84. The molecule has 2 rings (SSSR count). The largest absolute Gasteiger partial charge is 0.495 e. The zero-order valence-corrected chi connectivity index (χ0v) is 10.4. The Morgan fingerprint density at radius 3 is 2.89 bits per heavy atom. The second-order valence-corrected chi connectivity index (χ2v) is 3.96. The lowest BCUT2D eigenvalue weighted by atomic mass is 10.0. The average molecular weight is 244 g/mol. The molecule has 5 nitrogen and oxygen atoms in total. The lowest BCUT2D eigenvalue weighted by Crippen LogP contribution is -2.30. The van der Waals surface area contributed by atoms with Gasteiger partial charge in [0, 0.05) is 12.4 Å². The molecule has 1 unspecified atom stereocenters. The van der Waals surface area contributed by atoms with E-state index in [2.05, 4.69) is 15.4 Å². The summed E-state index contributed by atoms with van der Waals surface area (Å²) < 4.78 is 5.16. The van der Waals surface area contributed by atoms with Crippen LogP contribution < -0.4 is 16.0 Å². The topological polar surface area (TPSA) is 73.1 Å². The Morgan fingerprint density at radius 1 is 1.39 bits per heavy atom. The van der Waals surface area contributed by atoms with Gasteiger partial charge in [0.1, 0.15) is 5.75 Å². The van der Waals surface area contributed by atoms with Gasteiger partial charge in [0.05, 0.1) is 25.0 Å². The quantitative estimate of drug-likeness (QED) is 0.627.